The summed E-state index contributed by atoms with van der Waals surface area (Å²) in [6.45, 7) is 5.11. The van der Waals surface area contributed by atoms with Gasteiger partial charge >= 0.3 is 6.01 Å². The molecule has 3 N–H and O–H groups in total. The number of anilines is 2. The molecule has 1 aliphatic heterocycles. The van der Waals surface area contributed by atoms with Crippen LogP contribution in [0, 0.1) is 0 Å². The van der Waals surface area contributed by atoms with E-state index >= 15 is 0 Å². The molecule has 1 unspecified atom stereocenters. The summed E-state index contributed by atoms with van der Waals surface area (Å²) in [5, 5.41) is 0. The highest BCUT2D eigenvalue weighted by atomic mass is 16.5. The van der Waals surface area contributed by atoms with Crippen molar-refractivity contribution in [3.8, 4) is 6.01 Å². The Labute approximate surface area is 112 Å². The van der Waals surface area contributed by atoms with Crippen LogP contribution in [0.25, 0.3) is 0 Å². The van der Waals surface area contributed by atoms with E-state index in [1.54, 1.807) is 0 Å². The first-order valence-corrected chi connectivity index (χ1v) is 6.36. The molecule has 106 valence electrons. The number of nitrogen functional groups attached to an aromatic ring is 1. The fourth-order valence-electron chi connectivity index (χ4n) is 2.30. The van der Waals surface area contributed by atoms with E-state index in [2.05, 4.69) is 44.1 Å². The summed E-state index contributed by atoms with van der Waals surface area (Å²) in [5.41, 5.74) is 2.44. The van der Waals surface area contributed by atoms with Gasteiger partial charge < -0.3 is 14.5 Å². The van der Waals surface area contributed by atoms with E-state index in [0.717, 1.165) is 26.1 Å². The lowest BCUT2D eigenvalue weighted by atomic mass is 10.3. The molecule has 1 saturated heterocycles. The van der Waals surface area contributed by atoms with Crippen molar-refractivity contribution in [2.24, 2.45) is 5.84 Å². The van der Waals surface area contributed by atoms with Crippen LogP contribution >= 0.6 is 0 Å². The van der Waals surface area contributed by atoms with Crippen molar-refractivity contribution in [2.75, 3.05) is 44.1 Å². The highest BCUT2D eigenvalue weighted by molar-refractivity contribution is 5.39. The third-order valence-electron chi connectivity index (χ3n) is 3.22. The highest BCUT2D eigenvalue weighted by Crippen LogP contribution is 2.19. The fraction of sp³-hybridized carbons (Fsp3) is 0.727. The molecule has 1 fully saturated rings. The lowest BCUT2D eigenvalue weighted by Crippen LogP contribution is -2.39. The summed E-state index contributed by atoms with van der Waals surface area (Å²) < 4.78 is 5.08. The van der Waals surface area contributed by atoms with Crippen molar-refractivity contribution in [3.63, 3.8) is 0 Å². The summed E-state index contributed by atoms with van der Waals surface area (Å²) in [7, 11) is 3.65. The van der Waals surface area contributed by atoms with Crippen LogP contribution in [0.2, 0.25) is 0 Å². The van der Waals surface area contributed by atoms with Crippen LogP contribution in [0.1, 0.15) is 13.3 Å². The number of ether oxygens (including phenoxy) is 1. The molecule has 1 aromatic heterocycles. The average molecular weight is 267 g/mol. The van der Waals surface area contributed by atoms with Gasteiger partial charge in [0, 0.05) is 19.1 Å². The number of aromatic nitrogens is 3. The molecule has 0 bridgehead atoms. The van der Waals surface area contributed by atoms with Gasteiger partial charge in [-0.05, 0) is 26.9 Å². The fourth-order valence-corrected chi connectivity index (χ4v) is 2.30. The summed E-state index contributed by atoms with van der Waals surface area (Å²) in [6, 6.07) is 0.591. The van der Waals surface area contributed by atoms with Gasteiger partial charge in [-0.2, -0.15) is 15.0 Å². The minimum atomic E-state index is 0.266. The highest BCUT2D eigenvalue weighted by Gasteiger charge is 2.23. The van der Waals surface area contributed by atoms with Gasteiger partial charge in [0.1, 0.15) is 0 Å². The summed E-state index contributed by atoms with van der Waals surface area (Å²) >= 11 is 0. The first-order valence-electron chi connectivity index (χ1n) is 6.36. The lowest BCUT2D eigenvalue weighted by Gasteiger charge is -2.28. The van der Waals surface area contributed by atoms with E-state index in [1.165, 1.54) is 7.11 Å². The molecular weight excluding hydrogens is 246 g/mol. The second-order valence-corrected chi connectivity index (χ2v) is 4.75. The first kappa shape index (κ1) is 13.8. The number of hydrazine groups is 1. The predicted molar refractivity (Wildman–Crippen MR) is 73.1 cm³/mol. The Bertz CT molecular complexity index is 405. The van der Waals surface area contributed by atoms with E-state index in [4.69, 9.17) is 10.6 Å². The zero-order valence-electron chi connectivity index (χ0n) is 11.6. The maximum absolute atomic E-state index is 5.37. The number of nitrogens with zero attached hydrogens (tertiary/aromatic N) is 5. The molecular formula is C11H21N7O. The standard InChI is InChI=1S/C11H21N7O/c1-8-7-17(2)5-4-6-18(8)10-13-9(16-12)14-11(15-10)19-3/h8H,4-7,12H2,1-3H3,(H,13,14,15,16). The quantitative estimate of drug-likeness (QED) is 0.569. The minimum absolute atomic E-state index is 0.266. The maximum Gasteiger partial charge on any atom is 0.322 e. The average Bonchev–Trinajstić information content (AvgIpc) is 2.58. The van der Waals surface area contributed by atoms with Crippen LogP contribution in [0.15, 0.2) is 0 Å². The number of hydrogen-bond acceptors (Lipinski definition) is 8. The van der Waals surface area contributed by atoms with Crippen LogP contribution in [0.3, 0.4) is 0 Å². The number of nitrogens with one attached hydrogen (secondary N) is 1. The van der Waals surface area contributed by atoms with Crippen molar-refractivity contribution >= 4 is 11.9 Å². The largest absolute Gasteiger partial charge is 0.467 e. The van der Waals surface area contributed by atoms with Crippen LogP contribution in [0.5, 0.6) is 6.01 Å². The molecule has 1 atom stereocenters. The van der Waals surface area contributed by atoms with Crippen molar-refractivity contribution in [2.45, 2.75) is 19.4 Å². The predicted octanol–water partition coefficient (Wildman–Crippen LogP) is -0.304. The Morgan fingerprint density at radius 3 is 2.79 bits per heavy atom. The van der Waals surface area contributed by atoms with E-state index < -0.39 is 0 Å². The molecule has 2 rings (SSSR count). The topological polar surface area (TPSA) is 92.4 Å². The van der Waals surface area contributed by atoms with Gasteiger partial charge in [-0.15, -0.1) is 0 Å². The number of rotatable bonds is 3. The molecule has 8 heteroatoms. The molecule has 0 spiro atoms. The molecule has 19 heavy (non-hydrogen) atoms. The first-order chi connectivity index (χ1) is 9.13. The summed E-state index contributed by atoms with van der Waals surface area (Å²) in [5.74, 6) is 6.29. The van der Waals surface area contributed by atoms with Gasteiger partial charge in [-0.3, -0.25) is 5.43 Å². The van der Waals surface area contributed by atoms with Gasteiger partial charge in [-0.1, -0.05) is 0 Å². The Balaban J connectivity index is 2.28. The van der Waals surface area contributed by atoms with Gasteiger partial charge in [0.15, 0.2) is 0 Å². The van der Waals surface area contributed by atoms with E-state index in [-0.39, 0.29) is 6.01 Å². The van der Waals surface area contributed by atoms with E-state index in [0.29, 0.717) is 17.9 Å². The molecule has 0 saturated carbocycles. The Kier molecular flexibility index (Phi) is 4.33. The Morgan fingerprint density at radius 1 is 1.32 bits per heavy atom. The minimum Gasteiger partial charge on any atom is -0.467 e. The summed E-state index contributed by atoms with van der Waals surface area (Å²) in [6.07, 6.45) is 1.07. The van der Waals surface area contributed by atoms with Gasteiger partial charge in [-0.25, -0.2) is 5.84 Å². The van der Waals surface area contributed by atoms with Crippen LogP contribution in [-0.2, 0) is 0 Å². The second kappa shape index (κ2) is 5.98. The molecule has 0 aromatic carbocycles. The van der Waals surface area contributed by atoms with Crippen molar-refractivity contribution in [1.82, 2.24) is 19.9 Å². The Morgan fingerprint density at radius 2 is 2.11 bits per heavy atom. The van der Waals surface area contributed by atoms with Crippen molar-refractivity contribution in [3.05, 3.63) is 0 Å². The van der Waals surface area contributed by atoms with Crippen molar-refractivity contribution < 1.29 is 4.74 Å². The number of likely N-dealkylation sites (N-methyl/N-ethyl adjacent to an activating group) is 1. The number of nitrogens with two attached hydrogens (primary N) is 1. The van der Waals surface area contributed by atoms with Crippen LogP contribution in [0.4, 0.5) is 11.9 Å². The SMILES string of the molecule is COc1nc(NN)nc(N2CCCN(C)CC2C)n1. The molecule has 0 aliphatic carbocycles. The van der Waals surface area contributed by atoms with Crippen molar-refractivity contribution in [1.29, 1.82) is 0 Å². The molecule has 1 aliphatic rings. The molecule has 2 heterocycles. The second-order valence-electron chi connectivity index (χ2n) is 4.75. The molecule has 0 radical (unpaired) electrons. The maximum atomic E-state index is 5.37. The van der Waals surface area contributed by atoms with E-state index in [9.17, 15) is 0 Å². The third kappa shape index (κ3) is 3.21. The smallest absolute Gasteiger partial charge is 0.322 e. The summed E-state index contributed by atoms with van der Waals surface area (Å²) in [4.78, 5) is 17.1. The van der Waals surface area contributed by atoms with Gasteiger partial charge in [0.2, 0.25) is 11.9 Å². The third-order valence-corrected chi connectivity index (χ3v) is 3.22. The lowest BCUT2D eigenvalue weighted by molar-refractivity contribution is 0.336. The number of hydrogen-bond donors (Lipinski definition) is 2. The molecule has 0 amide bonds. The van der Waals surface area contributed by atoms with Gasteiger partial charge in [0.25, 0.3) is 0 Å². The van der Waals surface area contributed by atoms with Gasteiger partial charge in [0.05, 0.1) is 7.11 Å². The Hall–Kier alpha value is -1.67. The molecule has 1 aromatic rings. The van der Waals surface area contributed by atoms with Crippen LogP contribution in [-0.4, -0.2) is 59.7 Å². The zero-order valence-corrected chi connectivity index (χ0v) is 11.6. The van der Waals surface area contributed by atoms with Crippen LogP contribution < -0.4 is 20.9 Å². The molecule has 8 nitrogen and oxygen atoms in total. The monoisotopic (exact) mass is 267 g/mol. The normalized spacial score (nSPS) is 21.1. The van der Waals surface area contributed by atoms with E-state index in [1.807, 2.05) is 0 Å². The zero-order chi connectivity index (χ0) is 13.8. The number of methoxy groups -OCH3 is 1.